The molecule has 9 aromatic rings. The van der Waals surface area contributed by atoms with Crippen molar-refractivity contribution in [1.29, 1.82) is 0 Å². The molecule has 0 bridgehead atoms. The number of carbonyl (C=O) groups is 3. The summed E-state index contributed by atoms with van der Waals surface area (Å²) in [6, 6.07) is 12.9. The fourth-order valence-electron chi connectivity index (χ4n) is 8.83. The Morgan fingerprint density at radius 3 is 1.44 bits per heavy atom. The van der Waals surface area contributed by atoms with Crippen LogP contribution in [0.3, 0.4) is 0 Å². The SMILES string of the molecule is COC(=O)[C@H]1CCCN1.COC(=O)[C@H]1CCCN1c1ccnc(-c2cnc3ccc(F)cn23)n1.Fc1ccc2ncc(-c3nccc(Cl)n3)n2c1.O=C(O)[C@H]1CCCN1c1ccnc(-c2cnc3ccc(F)cn23)n1. The maximum absolute atomic E-state index is 13.6. The highest BCUT2D eigenvalue weighted by atomic mass is 35.5. The van der Waals surface area contributed by atoms with Crippen molar-refractivity contribution < 1.29 is 42.1 Å². The van der Waals surface area contributed by atoms with Crippen molar-refractivity contribution in [3.63, 3.8) is 0 Å². The molecule has 12 heterocycles. The average molecular weight is 1050 g/mol. The summed E-state index contributed by atoms with van der Waals surface area (Å²) in [7, 11) is 2.81. The van der Waals surface area contributed by atoms with Crippen molar-refractivity contribution in [2.24, 2.45) is 0 Å². The van der Waals surface area contributed by atoms with Crippen LogP contribution in [0, 0.1) is 17.5 Å². The Hall–Kier alpha value is -8.64. The van der Waals surface area contributed by atoms with Gasteiger partial charge < -0.3 is 29.7 Å². The molecule has 0 saturated carbocycles. The van der Waals surface area contributed by atoms with Crippen LogP contribution < -0.4 is 15.1 Å². The minimum absolute atomic E-state index is 0.0324. The molecule has 2 N–H and O–H groups in total. The third-order valence-electron chi connectivity index (χ3n) is 12.4. The lowest BCUT2D eigenvalue weighted by Gasteiger charge is -2.23. The molecule has 21 nitrogen and oxygen atoms in total. The first-order valence-corrected chi connectivity index (χ1v) is 24.0. The van der Waals surface area contributed by atoms with Crippen LogP contribution in [0.2, 0.25) is 5.15 Å². The van der Waals surface area contributed by atoms with Gasteiger partial charge in [0.15, 0.2) is 17.5 Å². The number of pyridine rings is 3. The first-order chi connectivity index (χ1) is 36.4. The van der Waals surface area contributed by atoms with Gasteiger partial charge in [0.1, 0.15) is 86.4 Å². The van der Waals surface area contributed by atoms with E-state index in [9.17, 15) is 32.7 Å². The number of imidazole rings is 3. The Kier molecular flexibility index (Phi) is 15.8. The Morgan fingerprint density at radius 1 is 0.573 bits per heavy atom. The molecular formula is C50H47ClF3N15O6. The number of methoxy groups -OCH3 is 2. The van der Waals surface area contributed by atoms with E-state index >= 15 is 0 Å². The first kappa shape index (κ1) is 51.3. The minimum Gasteiger partial charge on any atom is -0.480 e. The second-order valence-electron chi connectivity index (χ2n) is 17.1. The van der Waals surface area contributed by atoms with Gasteiger partial charge in [-0.3, -0.25) is 18.0 Å². The number of carbonyl (C=O) groups excluding carboxylic acids is 2. The molecule has 25 heteroatoms. The van der Waals surface area contributed by atoms with Gasteiger partial charge in [0, 0.05) is 50.3 Å². The number of nitrogens with one attached hydrogen (secondary N) is 1. The van der Waals surface area contributed by atoms with E-state index in [1.54, 1.807) is 91.7 Å². The number of esters is 2. The zero-order valence-corrected chi connectivity index (χ0v) is 41.0. The van der Waals surface area contributed by atoms with Crippen molar-refractivity contribution in [2.45, 2.75) is 56.7 Å². The molecule has 0 aliphatic carbocycles. The van der Waals surface area contributed by atoms with E-state index in [0.717, 1.165) is 45.2 Å². The number of rotatable bonds is 8. The fraction of sp³-hybridized carbons (Fsp3) is 0.280. The van der Waals surface area contributed by atoms with E-state index in [-0.39, 0.29) is 41.5 Å². The van der Waals surface area contributed by atoms with E-state index in [1.807, 2.05) is 4.90 Å². The van der Waals surface area contributed by atoms with Gasteiger partial charge in [-0.15, -0.1) is 0 Å². The molecule has 386 valence electrons. The number of carboxylic acid groups (broad SMARTS) is 1. The van der Waals surface area contributed by atoms with E-state index in [1.165, 1.54) is 51.0 Å². The Morgan fingerprint density at radius 2 is 1.01 bits per heavy atom. The number of anilines is 2. The van der Waals surface area contributed by atoms with Crippen LogP contribution in [-0.4, -0.2) is 133 Å². The minimum atomic E-state index is -0.857. The lowest BCUT2D eigenvalue weighted by molar-refractivity contribution is -0.143. The topological polar surface area (TPSA) is 238 Å². The molecule has 3 atom stereocenters. The van der Waals surface area contributed by atoms with Crippen molar-refractivity contribution in [2.75, 3.05) is 43.7 Å². The van der Waals surface area contributed by atoms with Gasteiger partial charge in [0.2, 0.25) is 0 Å². The van der Waals surface area contributed by atoms with Crippen molar-refractivity contribution in [3.8, 4) is 34.6 Å². The van der Waals surface area contributed by atoms with Crippen LogP contribution >= 0.6 is 11.6 Å². The lowest BCUT2D eigenvalue weighted by Crippen LogP contribution is -2.37. The molecule has 3 aliphatic heterocycles. The summed E-state index contributed by atoms with van der Waals surface area (Å²) in [6.45, 7) is 2.30. The quantitative estimate of drug-likeness (QED) is 0.121. The standard InChI is InChI=1S/C17H16FN5O2.C16H14FN5O2.C11H6ClFN4.C6H11NO2/c1-25-17(24)12-3-2-8-22(12)15-6-7-19-16(21-15)13-9-20-14-5-4-11(18)10-23(13)14;17-10-3-4-13-19-8-12(22(13)9-10)15-18-6-5-14(20-15)21-7-1-2-11(21)16(23)24;12-9-3-4-14-11(16-9)8-5-15-10-2-1-7(13)6-17(8)10;1-9-6(8)5-3-2-4-7-5/h4-7,9-10,12H,2-3,8H2,1H3;3-6,8-9,11H,1-2,7H2,(H,23,24);1-6H;5,7H,2-4H2,1H3/t12-;11-;;5-/m11.1/s1. The van der Waals surface area contributed by atoms with Crippen LogP contribution in [0.5, 0.6) is 0 Å². The molecular weight excluding hydrogens is 999 g/mol. The highest BCUT2D eigenvalue weighted by molar-refractivity contribution is 6.29. The third kappa shape index (κ3) is 11.6. The van der Waals surface area contributed by atoms with Crippen molar-refractivity contribution in [1.82, 2.24) is 63.4 Å². The molecule has 0 unspecified atom stereocenters. The normalized spacial score (nSPS) is 17.0. The van der Waals surface area contributed by atoms with Gasteiger partial charge >= 0.3 is 17.9 Å². The number of ether oxygens (including phenoxy) is 2. The van der Waals surface area contributed by atoms with Crippen LogP contribution in [0.1, 0.15) is 38.5 Å². The number of aliphatic carboxylic acids is 1. The van der Waals surface area contributed by atoms with Gasteiger partial charge in [-0.25, -0.2) is 67.6 Å². The monoisotopic (exact) mass is 1050 g/mol. The largest absolute Gasteiger partial charge is 0.480 e. The van der Waals surface area contributed by atoms with Crippen LogP contribution in [0.15, 0.2) is 110 Å². The molecule has 3 aliphatic rings. The van der Waals surface area contributed by atoms with E-state index in [4.69, 9.17) is 16.3 Å². The molecule has 0 spiro atoms. The molecule has 0 amide bonds. The molecule has 9 aromatic heterocycles. The van der Waals surface area contributed by atoms with Gasteiger partial charge in [-0.1, -0.05) is 11.6 Å². The fourth-order valence-corrected chi connectivity index (χ4v) is 8.97. The van der Waals surface area contributed by atoms with Crippen LogP contribution in [0.4, 0.5) is 24.8 Å². The molecule has 75 heavy (non-hydrogen) atoms. The summed E-state index contributed by atoms with van der Waals surface area (Å²) in [6.07, 6.45) is 18.5. The predicted octanol–water partition coefficient (Wildman–Crippen LogP) is 6.55. The number of nitrogens with zero attached hydrogens (tertiary/aromatic N) is 14. The number of fused-ring (bicyclic) bond motifs is 3. The highest BCUT2D eigenvalue weighted by Crippen LogP contribution is 2.29. The number of hydrogen-bond acceptors (Lipinski definition) is 17. The number of halogens is 4. The second kappa shape index (κ2) is 23.1. The maximum atomic E-state index is 13.6. The number of aromatic nitrogens is 12. The first-order valence-electron chi connectivity index (χ1n) is 23.6. The smallest absolute Gasteiger partial charge is 0.328 e. The number of carboxylic acids is 1. The zero-order valence-electron chi connectivity index (χ0n) is 40.2. The van der Waals surface area contributed by atoms with E-state index < -0.39 is 12.0 Å². The second-order valence-corrected chi connectivity index (χ2v) is 17.5. The van der Waals surface area contributed by atoms with E-state index in [2.05, 4.69) is 54.9 Å². The average Bonchev–Trinajstić information content (AvgIpc) is 4.30. The Balaban J connectivity index is 0.000000129. The highest BCUT2D eigenvalue weighted by Gasteiger charge is 2.33. The van der Waals surface area contributed by atoms with Crippen molar-refractivity contribution in [3.05, 3.63) is 133 Å². The summed E-state index contributed by atoms with van der Waals surface area (Å²) in [5.41, 5.74) is 3.57. The third-order valence-corrected chi connectivity index (χ3v) is 12.6. The predicted molar refractivity (Wildman–Crippen MR) is 267 cm³/mol. The van der Waals surface area contributed by atoms with E-state index in [0.29, 0.717) is 81.3 Å². The Bertz CT molecular complexity index is 3500. The molecule has 0 aromatic carbocycles. The summed E-state index contributed by atoms with van der Waals surface area (Å²) in [5, 5.41) is 12.7. The molecule has 12 rings (SSSR count). The zero-order chi connectivity index (χ0) is 52.6. The van der Waals surface area contributed by atoms with Crippen LogP contribution in [0.25, 0.3) is 51.5 Å². The molecule has 3 fully saturated rings. The maximum Gasteiger partial charge on any atom is 0.328 e. The lowest BCUT2D eigenvalue weighted by atomic mass is 10.2. The van der Waals surface area contributed by atoms with Gasteiger partial charge in [-0.2, -0.15) is 0 Å². The molecule has 3 saturated heterocycles. The van der Waals surface area contributed by atoms with Crippen LogP contribution in [-0.2, 0) is 23.9 Å². The number of hydrogen-bond donors (Lipinski definition) is 2. The Labute approximate surface area is 430 Å². The van der Waals surface area contributed by atoms with Gasteiger partial charge in [0.25, 0.3) is 0 Å². The van der Waals surface area contributed by atoms with Crippen molar-refractivity contribution >= 4 is 58.1 Å². The molecule has 0 radical (unpaired) electrons. The summed E-state index contributed by atoms with van der Waals surface area (Å²) in [5.74, 6) is 0.0470. The summed E-state index contributed by atoms with van der Waals surface area (Å²) in [4.78, 5) is 76.1. The summed E-state index contributed by atoms with van der Waals surface area (Å²) >= 11 is 5.79. The van der Waals surface area contributed by atoms with Gasteiger partial charge in [-0.05, 0) is 99.7 Å². The summed E-state index contributed by atoms with van der Waals surface area (Å²) < 4.78 is 54.4. The van der Waals surface area contributed by atoms with Gasteiger partial charge in [0.05, 0.1) is 32.8 Å².